The molecule has 12 aromatic carbocycles. The van der Waals surface area contributed by atoms with Gasteiger partial charge in [0.15, 0.2) is 17.5 Å². The van der Waals surface area contributed by atoms with Crippen LogP contribution in [0.5, 0.6) is 0 Å². The van der Waals surface area contributed by atoms with Crippen LogP contribution in [-0.2, 0) is 0 Å². The monoisotopic (exact) mass is 1160 g/mol. The summed E-state index contributed by atoms with van der Waals surface area (Å²) in [5.74, 6) is 1.64. The maximum atomic E-state index is 11.8. The molecule has 0 unspecified atom stereocenters. The highest BCUT2D eigenvalue weighted by atomic mass is 15.0. The van der Waals surface area contributed by atoms with Crippen LogP contribution in [0.15, 0.2) is 243 Å². The van der Waals surface area contributed by atoms with Gasteiger partial charge in [-0.05, 0) is 201 Å². The number of benzene rings is 12. The van der Waals surface area contributed by atoms with E-state index in [0.29, 0.717) is 23.0 Å². The normalized spacial score (nSPS) is 11.5. The second-order valence-electron chi connectivity index (χ2n) is 24.5. The molecule has 90 heavy (non-hydrogen) atoms. The molecule has 0 saturated heterocycles. The Morgan fingerprint density at radius 2 is 0.622 bits per heavy atom. The predicted molar refractivity (Wildman–Crippen MR) is 375 cm³/mol. The summed E-state index contributed by atoms with van der Waals surface area (Å²) in [6.45, 7) is 17.4. The average molecular weight is 1160 g/mol. The number of hydrogen-bond donors (Lipinski definition) is 0. The summed E-state index contributed by atoms with van der Waals surface area (Å²) < 4.78 is 4.80. The van der Waals surface area contributed by atoms with Crippen molar-refractivity contribution in [2.45, 2.75) is 55.4 Å². The maximum Gasteiger partial charge on any atom is 0.164 e. The SMILES string of the molecule is Cc1ccc(-c2ccc3c(c2)c2cc(-c4ccc(C)cc4C)ccc2n3-c2ccc(-c3nc(-c4ccccc4)nc(-c4ccccc4)n3)cc2-c2c(C#N)cccc2-n2c3ccc(-c4ccc(C)cc4C)cc3c3cc(-c4ccc(C)cc4C)ccc32)c(C)c1. The molecule has 0 spiro atoms. The summed E-state index contributed by atoms with van der Waals surface area (Å²) in [6, 6.07) is 90.2. The van der Waals surface area contributed by atoms with Crippen molar-refractivity contribution < 1.29 is 0 Å². The minimum Gasteiger partial charge on any atom is -0.309 e. The zero-order valence-electron chi connectivity index (χ0n) is 51.8. The van der Waals surface area contributed by atoms with Gasteiger partial charge < -0.3 is 9.13 Å². The minimum absolute atomic E-state index is 0.514. The van der Waals surface area contributed by atoms with Crippen LogP contribution in [0, 0.1) is 66.7 Å². The molecular weight excluding hydrogens is 1090 g/mol. The number of hydrogen-bond acceptors (Lipinski definition) is 4. The van der Waals surface area contributed by atoms with Gasteiger partial charge in [0.2, 0.25) is 0 Å². The van der Waals surface area contributed by atoms with Gasteiger partial charge in [-0.15, -0.1) is 0 Å². The Hall–Kier alpha value is -11.3. The van der Waals surface area contributed by atoms with Crippen LogP contribution in [0.4, 0.5) is 0 Å². The molecule has 0 fully saturated rings. The Balaban J connectivity index is 1.05. The van der Waals surface area contributed by atoms with Gasteiger partial charge in [-0.3, -0.25) is 0 Å². The summed E-state index contributed by atoms with van der Waals surface area (Å²) >= 11 is 0. The first-order chi connectivity index (χ1) is 43.8. The number of nitriles is 1. The zero-order valence-corrected chi connectivity index (χ0v) is 51.8. The third-order valence-corrected chi connectivity index (χ3v) is 18.2. The standard InChI is InChI=1S/C84H64N6/c1-50-22-31-66(54(5)40-50)60-26-35-75-70(44-60)71-45-61(67-32-23-51(2)41-55(67)6)27-36-76(71)89(75)79-39-30-64(84-87-82(58-16-11-9-12-17-58)86-83(88-84)59-18-13-10-14-19-59)48-74(79)81-65(49-85)20-15-21-80(81)90-77-37-28-62(68-33-24-52(3)42-56(68)7)46-72(77)73-47-63(29-38-78(73)90)69-34-25-53(4)43-57(69)8/h9-48H,1-8H3. The van der Waals surface area contributed by atoms with Crippen molar-refractivity contribution in [3.8, 4) is 107 Å². The maximum absolute atomic E-state index is 11.8. The molecule has 430 valence electrons. The first-order valence-electron chi connectivity index (χ1n) is 30.9. The first kappa shape index (κ1) is 55.3. The van der Waals surface area contributed by atoms with E-state index in [2.05, 4.69) is 240 Å². The molecule has 0 aliphatic rings. The van der Waals surface area contributed by atoms with Crippen LogP contribution in [-0.4, -0.2) is 24.1 Å². The van der Waals surface area contributed by atoms with Crippen LogP contribution in [0.2, 0.25) is 0 Å². The largest absolute Gasteiger partial charge is 0.309 e. The minimum atomic E-state index is 0.514. The fourth-order valence-electron chi connectivity index (χ4n) is 13.9. The van der Waals surface area contributed by atoms with Gasteiger partial charge in [0, 0.05) is 49.4 Å². The molecule has 0 aliphatic heterocycles. The number of fused-ring (bicyclic) bond motifs is 6. The Labute approximate surface area is 525 Å². The van der Waals surface area contributed by atoms with Gasteiger partial charge in [0.1, 0.15) is 0 Å². The molecule has 0 amide bonds. The van der Waals surface area contributed by atoms with Crippen molar-refractivity contribution in [1.29, 1.82) is 5.26 Å². The van der Waals surface area contributed by atoms with Crippen molar-refractivity contribution >= 4 is 43.6 Å². The molecule has 0 bridgehead atoms. The molecule has 0 radical (unpaired) electrons. The lowest BCUT2D eigenvalue weighted by atomic mass is 9.94. The molecule has 0 saturated carbocycles. The van der Waals surface area contributed by atoms with Gasteiger partial charge >= 0.3 is 0 Å². The number of aryl methyl sites for hydroxylation is 8. The van der Waals surface area contributed by atoms with Gasteiger partial charge in [0.05, 0.1) is 45.1 Å². The fraction of sp³-hybridized carbons (Fsp3) is 0.0952. The highest BCUT2D eigenvalue weighted by molar-refractivity contribution is 6.14. The molecular formula is C84H64N6. The van der Waals surface area contributed by atoms with Crippen LogP contribution in [0.25, 0.3) is 145 Å². The highest BCUT2D eigenvalue weighted by Crippen LogP contribution is 2.46. The zero-order chi connectivity index (χ0) is 61.5. The third kappa shape index (κ3) is 9.64. The van der Waals surface area contributed by atoms with Crippen LogP contribution >= 0.6 is 0 Å². The van der Waals surface area contributed by atoms with Crippen LogP contribution in [0.1, 0.15) is 50.1 Å². The third-order valence-electron chi connectivity index (χ3n) is 18.2. The number of nitrogens with zero attached hydrogens (tertiary/aromatic N) is 6. The Kier molecular flexibility index (Phi) is 13.6. The van der Waals surface area contributed by atoms with E-state index in [9.17, 15) is 5.26 Å². The number of rotatable bonds is 10. The molecule has 15 aromatic rings. The summed E-state index contributed by atoms with van der Waals surface area (Å²) in [5, 5.41) is 16.3. The molecule has 15 rings (SSSR count). The van der Waals surface area contributed by atoms with Crippen molar-refractivity contribution in [1.82, 2.24) is 24.1 Å². The molecule has 0 N–H and O–H groups in total. The summed E-state index contributed by atoms with van der Waals surface area (Å²) in [5.41, 5.74) is 29.8. The Bertz CT molecular complexity index is 5190. The van der Waals surface area contributed by atoms with E-state index in [1.54, 1.807) is 0 Å². The van der Waals surface area contributed by atoms with Crippen LogP contribution < -0.4 is 0 Å². The number of aromatic nitrogens is 5. The Morgan fingerprint density at radius 1 is 0.278 bits per heavy atom. The van der Waals surface area contributed by atoms with Crippen molar-refractivity contribution in [2.24, 2.45) is 0 Å². The van der Waals surface area contributed by atoms with Crippen molar-refractivity contribution in [2.75, 3.05) is 0 Å². The quantitative estimate of drug-likeness (QED) is 0.137. The van der Waals surface area contributed by atoms with E-state index in [-0.39, 0.29) is 0 Å². The predicted octanol–water partition coefficient (Wildman–Crippen LogP) is 21.7. The molecule has 6 nitrogen and oxygen atoms in total. The smallest absolute Gasteiger partial charge is 0.164 e. The Morgan fingerprint density at radius 3 is 0.978 bits per heavy atom. The summed E-state index contributed by atoms with van der Waals surface area (Å²) in [7, 11) is 0. The van der Waals surface area contributed by atoms with Gasteiger partial charge in [-0.2, -0.15) is 5.26 Å². The van der Waals surface area contributed by atoms with Gasteiger partial charge in [0.25, 0.3) is 0 Å². The van der Waals surface area contributed by atoms with E-state index in [1.807, 2.05) is 72.8 Å². The topological polar surface area (TPSA) is 72.3 Å². The molecule has 3 aromatic heterocycles. The fourth-order valence-corrected chi connectivity index (χ4v) is 13.9. The lowest BCUT2D eigenvalue weighted by Gasteiger charge is -2.21. The van der Waals surface area contributed by atoms with E-state index in [4.69, 9.17) is 15.0 Å². The summed E-state index contributed by atoms with van der Waals surface area (Å²) in [4.78, 5) is 15.7. The van der Waals surface area contributed by atoms with E-state index in [0.717, 1.165) is 105 Å². The van der Waals surface area contributed by atoms with Gasteiger partial charge in [-0.1, -0.05) is 186 Å². The van der Waals surface area contributed by atoms with Crippen LogP contribution in [0.3, 0.4) is 0 Å². The second-order valence-corrected chi connectivity index (χ2v) is 24.5. The summed E-state index contributed by atoms with van der Waals surface area (Å²) in [6.07, 6.45) is 0. The lowest BCUT2D eigenvalue weighted by molar-refractivity contribution is 1.07. The molecule has 0 atom stereocenters. The molecule has 3 heterocycles. The van der Waals surface area contributed by atoms with Crippen molar-refractivity contribution in [3.05, 3.63) is 293 Å². The molecule has 6 heteroatoms. The first-order valence-corrected chi connectivity index (χ1v) is 30.9. The average Bonchev–Trinajstić information content (AvgIpc) is 1.57. The van der Waals surface area contributed by atoms with E-state index >= 15 is 0 Å². The lowest BCUT2D eigenvalue weighted by Crippen LogP contribution is -2.05. The highest BCUT2D eigenvalue weighted by Gasteiger charge is 2.26. The van der Waals surface area contributed by atoms with E-state index < -0.39 is 0 Å². The second kappa shape index (κ2) is 22.2. The van der Waals surface area contributed by atoms with Gasteiger partial charge in [-0.25, -0.2) is 15.0 Å². The van der Waals surface area contributed by atoms with E-state index in [1.165, 1.54) is 66.8 Å². The molecule has 0 aliphatic carbocycles. The van der Waals surface area contributed by atoms with Crippen molar-refractivity contribution in [3.63, 3.8) is 0 Å².